The van der Waals surface area contributed by atoms with Crippen molar-refractivity contribution in [2.75, 3.05) is 40.4 Å². The van der Waals surface area contributed by atoms with Crippen molar-refractivity contribution in [3.8, 4) is 28.8 Å². The molecule has 0 fully saturated rings. The van der Waals surface area contributed by atoms with E-state index in [1.807, 2.05) is 12.1 Å². The summed E-state index contributed by atoms with van der Waals surface area (Å²) in [5.41, 5.74) is 2.74. The second-order valence-electron chi connectivity index (χ2n) is 9.00. The van der Waals surface area contributed by atoms with Crippen molar-refractivity contribution >= 4 is 17.7 Å². The average molecular weight is 534 g/mol. The first-order valence-electron chi connectivity index (χ1n) is 12.6. The largest absolute Gasteiger partial charge is 0.507 e. The van der Waals surface area contributed by atoms with Crippen molar-refractivity contribution < 1.29 is 29.0 Å². The molecule has 0 spiro atoms. The Kier molecular flexibility index (Phi) is 8.93. The number of nitrogens with zero attached hydrogens (tertiary/aromatic N) is 3. The average Bonchev–Trinajstić information content (AvgIpc) is 2.96. The standard InChI is InChI=1S/C28H31N5O6/c1-38-25-16-22(31-28(32-25)39-2)27(37)33-13-4-3-11-30-26(36)20-7-5-6-19(15-20)21-14-18(8-9-23(21)34)10-12-29-24(35)17-33/h5-9,14-16,34H,3-4,10-13,17H2,1-2H3,(H,29,35)(H,30,36). The van der Waals surface area contributed by atoms with Gasteiger partial charge in [-0.05, 0) is 54.7 Å². The lowest BCUT2D eigenvalue weighted by Gasteiger charge is -2.22. The van der Waals surface area contributed by atoms with E-state index in [1.165, 1.54) is 25.2 Å². The Bertz CT molecular complexity index is 1340. The lowest BCUT2D eigenvalue weighted by atomic mass is 9.98. The van der Waals surface area contributed by atoms with Gasteiger partial charge >= 0.3 is 6.01 Å². The highest BCUT2D eigenvalue weighted by molar-refractivity contribution is 5.96. The number of methoxy groups -OCH3 is 2. The molecule has 39 heavy (non-hydrogen) atoms. The number of fused-ring (bicyclic) bond motifs is 5. The van der Waals surface area contributed by atoms with Crippen molar-refractivity contribution in [1.29, 1.82) is 0 Å². The number of ether oxygens (including phenoxy) is 2. The predicted molar refractivity (Wildman–Crippen MR) is 143 cm³/mol. The van der Waals surface area contributed by atoms with Gasteiger partial charge in [0.1, 0.15) is 11.4 Å². The van der Waals surface area contributed by atoms with E-state index >= 15 is 0 Å². The van der Waals surface area contributed by atoms with Crippen molar-refractivity contribution in [2.24, 2.45) is 0 Å². The van der Waals surface area contributed by atoms with Crippen LogP contribution in [-0.4, -0.2) is 78.1 Å². The summed E-state index contributed by atoms with van der Waals surface area (Å²) in [5, 5.41) is 16.2. The van der Waals surface area contributed by atoms with E-state index in [4.69, 9.17) is 9.47 Å². The predicted octanol–water partition coefficient (Wildman–Crippen LogP) is 2.19. The number of phenols is 1. The molecule has 1 aliphatic heterocycles. The highest BCUT2D eigenvalue weighted by atomic mass is 16.5. The number of hydrogen-bond donors (Lipinski definition) is 3. The van der Waals surface area contributed by atoms with Crippen LogP contribution in [0.2, 0.25) is 0 Å². The number of phenolic OH excluding ortho intramolecular Hbond substituents is 1. The van der Waals surface area contributed by atoms with Gasteiger partial charge in [-0.2, -0.15) is 9.97 Å². The van der Waals surface area contributed by atoms with Gasteiger partial charge in [0.15, 0.2) is 0 Å². The Hall–Kier alpha value is -4.67. The van der Waals surface area contributed by atoms with Crippen LogP contribution in [0.15, 0.2) is 48.5 Å². The highest BCUT2D eigenvalue weighted by Crippen LogP contribution is 2.31. The maximum atomic E-state index is 13.4. The normalized spacial score (nSPS) is 14.9. The van der Waals surface area contributed by atoms with Crippen molar-refractivity contribution in [3.05, 3.63) is 65.4 Å². The Balaban J connectivity index is 1.56. The zero-order valence-electron chi connectivity index (χ0n) is 21.9. The first kappa shape index (κ1) is 27.4. The number of benzene rings is 2. The molecule has 11 heteroatoms. The Labute approximate surface area is 226 Å². The molecule has 0 atom stereocenters. The van der Waals surface area contributed by atoms with E-state index < -0.39 is 5.91 Å². The number of aromatic hydroxyl groups is 1. The van der Waals surface area contributed by atoms with Crippen LogP contribution in [0.25, 0.3) is 11.1 Å². The van der Waals surface area contributed by atoms with Gasteiger partial charge in [-0.3, -0.25) is 14.4 Å². The summed E-state index contributed by atoms with van der Waals surface area (Å²) in [6.45, 7) is 0.814. The van der Waals surface area contributed by atoms with Crippen LogP contribution in [0.4, 0.5) is 0 Å². The zero-order valence-corrected chi connectivity index (χ0v) is 21.9. The van der Waals surface area contributed by atoms with Crippen LogP contribution >= 0.6 is 0 Å². The van der Waals surface area contributed by atoms with Crippen molar-refractivity contribution in [1.82, 2.24) is 25.5 Å². The lowest BCUT2D eigenvalue weighted by molar-refractivity contribution is -0.121. The molecular formula is C28H31N5O6. The summed E-state index contributed by atoms with van der Waals surface area (Å²) in [4.78, 5) is 48.5. The van der Waals surface area contributed by atoms with E-state index in [-0.39, 0.29) is 48.2 Å². The first-order chi connectivity index (χ1) is 18.9. The van der Waals surface area contributed by atoms with Crippen LogP contribution in [0.3, 0.4) is 0 Å². The van der Waals surface area contributed by atoms with Crippen LogP contribution < -0.4 is 20.1 Å². The van der Waals surface area contributed by atoms with Gasteiger partial charge in [-0.1, -0.05) is 18.2 Å². The summed E-state index contributed by atoms with van der Waals surface area (Å²) in [5.74, 6) is -0.765. The molecule has 3 amide bonds. The fourth-order valence-corrected chi connectivity index (χ4v) is 4.23. The third-order valence-corrected chi connectivity index (χ3v) is 6.29. The molecular weight excluding hydrogens is 502 g/mol. The van der Waals surface area contributed by atoms with Gasteiger partial charge < -0.3 is 30.1 Å². The van der Waals surface area contributed by atoms with Crippen LogP contribution in [0.1, 0.15) is 39.3 Å². The second-order valence-corrected chi connectivity index (χ2v) is 9.00. The van der Waals surface area contributed by atoms with E-state index in [0.717, 1.165) is 11.1 Å². The first-order valence-corrected chi connectivity index (χ1v) is 12.6. The molecule has 1 aliphatic rings. The number of carbonyl (C=O) groups excluding carboxylic acids is 3. The zero-order chi connectivity index (χ0) is 27.8. The number of aromatic nitrogens is 2. The van der Waals surface area contributed by atoms with Crippen LogP contribution in [-0.2, 0) is 11.2 Å². The topological polar surface area (TPSA) is 143 Å². The van der Waals surface area contributed by atoms with Gasteiger partial charge in [0, 0.05) is 36.8 Å². The van der Waals surface area contributed by atoms with Gasteiger partial charge in [-0.15, -0.1) is 0 Å². The number of carbonyl (C=O) groups is 3. The van der Waals surface area contributed by atoms with Crippen LogP contribution in [0.5, 0.6) is 17.6 Å². The van der Waals surface area contributed by atoms with Crippen molar-refractivity contribution in [2.45, 2.75) is 19.3 Å². The molecule has 4 rings (SSSR count). The van der Waals surface area contributed by atoms with Crippen molar-refractivity contribution in [3.63, 3.8) is 0 Å². The molecule has 0 unspecified atom stereocenters. The quantitative estimate of drug-likeness (QED) is 0.465. The molecule has 3 N–H and O–H groups in total. The molecule has 2 heterocycles. The summed E-state index contributed by atoms with van der Waals surface area (Å²) in [6, 6.07) is 13.7. The Morgan fingerprint density at radius 2 is 1.77 bits per heavy atom. The number of nitrogens with one attached hydrogen (secondary N) is 2. The minimum absolute atomic E-state index is 0.0245. The molecule has 2 aromatic carbocycles. The van der Waals surface area contributed by atoms with Gasteiger partial charge in [0.25, 0.3) is 11.8 Å². The minimum atomic E-state index is -0.470. The maximum Gasteiger partial charge on any atom is 0.320 e. The SMILES string of the molecule is COc1cc(C(=O)N2CCCCNC(=O)c3cccc(c3)-c3cc(ccc3O)CCNC(=O)C2)nc(OC)n1. The fourth-order valence-electron chi connectivity index (χ4n) is 4.23. The van der Waals surface area contributed by atoms with Gasteiger partial charge in [-0.25, -0.2) is 0 Å². The van der Waals surface area contributed by atoms with E-state index in [0.29, 0.717) is 43.5 Å². The van der Waals surface area contributed by atoms with E-state index in [1.54, 1.807) is 30.3 Å². The lowest BCUT2D eigenvalue weighted by Crippen LogP contribution is -2.42. The Morgan fingerprint density at radius 3 is 2.56 bits per heavy atom. The minimum Gasteiger partial charge on any atom is -0.507 e. The number of amides is 3. The molecule has 0 saturated carbocycles. The third kappa shape index (κ3) is 7.01. The smallest absolute Gasteiger partial charge is 0.320 e. The summed E-state index contributed by atoms with van der Waals surface area (Å²) < 4.78 is 10.2. The fraction of sp³-hybridized carbons (Fsp3) is 0.321. The van der Waals surface area contributed by atoms with Crippen LogP contribution in [0, 0.1) is 0 Å². The molecule has 0 aliphatic carbocycles. The van der Waals surface area contributed by atoms with Gasteiger partial charge in [0.2, 0.25) is 11.8 Å². The monoisotopic (exact) mass is 533 g/mol. The van der Waals surface area contributed by atoms with Gasteiger partial charge in [0.05, 0.1) is 20.8 Å². The molecule has 4 bridgehead atoms. The second kappa shape index (κ2) is 12.7. The van der Waals surface area contributed by atoms with E-state index in [2.05, 4.69) is 20.6 Å². The summed E-state index contributed by atoms with van der Waals surface area (Å²) >= 11 is 0. The highest BCUT2D eigenvalue weighted by Gasteiger charge is 2.22. The number of hydrogen-bond acceptors (Lipinski definition) is 8. The third-order valence-electron chi connectivity index (χ3n) is 6.29. The molecule has 3 aromatic rings. The maximum absolute atomic E-state index is 13.4. The molecule has 11 nitrogen and oxygen atoms in total. The number of rotatable bonds is 3. The molecule has 1 aromatic heterocycles. The Morgan fingerprint density at radius 1 is 0.949 bits per heavy atom. The van der Waals surface area contributed by atoms with E-state index in [9.17, 15) is 19.5 Å². The summed E-state index contributed by atoms with van der Waals surface area (Å²) in [6.07, 6.45) is 1.63. The molecule has 0 radical (unpaired) electrons. The summed E-state index contributed by atoms with van der Waals surface area (Å²) in [7, 11) is 2.80. The molecule has 204 valence electrons. The molecule has 0 saturated heterocycles.